The Labute approximate surface area is 119 Å². The number of hydrogen-bond acceptors (Lipinski definition) is 3. The van der Waals surface area contributed by atoms with Crippen molar-refractivity contribution in [2.75, 3.05) is 39.4 Å². The molecule has 1 atom stereocenters. The lowest BCUT2D eigenvalue weighted by Gasteiger charge is -2.35. The summed E-state index contributed by atoms with van der Waals surface area (Å²) < 4.78 is 5.72. The molecule has 0 aromatic carbocycles. The van der Waals surface area contributed by atoms with Crippen molar-refractivity contribution in [2.24, 2.45) is 10.8 Å². The second kappa shape index (κ2) is 5.34. The van der Waals surface area contributed by atoms with Crippen LogP contribution in [0, 0.1) is 10.8 Å². The van der Waals surface area contributed by atoms with Gasteiger partial charge in [-0.15, -0.1) is 0 Å². The summed E-state index contributed by atoms with van der Waals surface area (Å²) >= 11 is 0. The van der Waals surface area contributed by atoms with Crippen LogP contribution in [0.25, 0.3) is 0 Å². The van der Waals surface area contributed by atoms with Crippen LogP contribution in [0.5, 0.6) is 0 Å². The fraction of sp³-hybridized carbons (Fsp3) is 1.00. The summed E-state index contributed by atoms with van der Waals surface area (Å²) in [4.78, 5) is 2.65. The molecule has 0 spiro atoms. The number of nitrogens with zero attached hydrogens (tertiary/aromatic N) is 1. The number of likely N-dealkylation sites (tertiary alicyclic amines) is 1. The Bertz CT molecular complexity index is 300. The van der Waals surface area contributed by atoms with Gasteiger partial charge in [-0.1, -0.05) is 13.8 Å². The van der Waals surface area contributed by atoms with Gasteiger partial charge in [-0.05, 0) is 45.6 Å². The molecule has 19 heavy (non-hydrogen) atoms. The van der Waals surface area contributed by atoms with E-state index in [0.29, 0.717) is 10.8 Å². The molecule has 1 N–H and O–H groups in total. The van der Waals surface area contributed by atoms with Gasteiger partial charge in [0.15, 0.2) is 0 Å². The van der Waals surface area contributed by atoms with Crippen LogP contribution in [-0.4, -0.2) is 49.8 Å². The topological polar surface area (TPSA) is 24.5 Å². The van der Waals surface area contributed by atoms with Gasteiger partial charge in [0, 0.05) is 37.2 Å². The maximum atomic E-state index is 5.72. The minimum absolute atomic E-state index is 0.194. The smallest absolute Gasteiger partial charge is 0.0547 e. The van der Waals surface area contributed by atoms with E-state index in [2.05, 4.69) is 44.8 Å². The minimum atomic E-state index is 0.194. The van der Waals surface area contributed by atoms with Crippen LogP contribution in [0.15, 0.2) is 0 Å². The molecule has 3 nitrogen and oxygen atoms in total. The Morgan fingerprint density at radius 1 is 1.21 bits per heavy atom. The summed E-state index contributed by atoms with van der Waals surface area (Å²) in [6.07, 6.45) is 2.53. The van der Waals surface area contributed by atoms with Crippen LogP contribution >= 0.6 is 0 Å². The standard InChI is InChI=1S/C16H32N2O/c1-14(2,3)17-10-16(7-9-19-13-16)12-18-8-6-15(4,5)11-18/h17H,6-13H2,1-5H3. The number of nitrogens with one attached hydrogen (secondary N) is 1. The summed E-state index contributed by atoms with van der Waals surface area (Å²) in [5, 5.41) is 3.69. The molecular formula is C16H32N2O. The molecule has 2 saturated heterocycles. The van der Waals surface area contributed by atoms with Crippen molar-refractivity contribution in [1.82, 2.24) is 10.2 Å². The summed E-state index contributed by atoms with van der Waals surface area (Å²) in [6, 6.07) is 0. The van der Waals surface area contributed by atoms with E-state index in [1.807, 2.05) is 0 Å². The highest BCUT2D eigenvalue weighted by atomic mass is 16.5. The first-order valence-corrected chi connectivity index (χ1v) is 7.75. The van der Waals surface area contributed by atoms with Crippen LogP contribution in [0.2, 0.25) is 0 Å². The summed E-state index contributed by atoms with van der Waals surface area (Å²) in [5.41, 5.74) is 1.02. The fourth-order valence-electron chi connectivity index (χ4n) is 3.26. The van der Waals surface area contributed by atoms with E-state index >= 15 is 0 Å². The Morgan fingerprint density at radius 3 is 2.42 bits per heavy atom. The maximum Gasteiger partial charge on any atom is 0.0547 e. The number of rotatable bonds is 4. The number of ether oxygens (including phenoxy) is 1. The molecule has 2 aliphatic rings. The largest absolute Gasteiger partial charge is 0.381 e. The molecule has 0 radical (unpaired) electrons. The van der Waals surface area contributed by atoms with Crippen LogP contribution in [0.3, 0.4) is 0 Å². The zero-order valence-electron chi connectivity index (χ0n) is 13.5. The average molecular weight is 268 g/mol. The molecule has 0 amide bonds. The third-order valence-corrected chi connectivity index (χ3v) is 4.49. The van der Waals surface area contributed by atoms with Crippen molar-refractivity contribution in [2.45, 2.75) is 53.0 Å². The quantitative estimate of drug-likeness (QED) is 0.848. The lowest BCUT2D eigenvalue weighted by atomic mass is 9.85. The van der Waals surface area contributed by atoms with Crippen molar-refractivity contribution >= 4 is 0 Å². The molecule has 2 rings (SSSR count). The van der Waals surface area contributed by atoms with Crippen molar-refractivity contribution in [3.05, 3.63) is 0 Å². The molecule has 112 valence electrons. The van der Waals surface area contributed by atoms with Gasteiger partial charge in [0.1, 0.15) is 0 Å². The highest BCUT2D eigenvalue weighted by Crippen LogP contribution is 2.35. The molecule has 1 unspecified atom stereocenters. The van der Waals surface area contributed by atoms with E-state index < -0.39 is 0 Å². The third kappa shape index (κ3) is 4.44. The molecular weight excluding hydrogens is 236 g/mol. The van der Waals surface area contributed by atoms with Gasteiger partial charge in [0.2, 0.25) is 0 Å². The van der Waals surface area contributed by atoms with Crippen LogP contribution in [0.4, 0.5) is 0 Å². The van der Waals surface area contributed by atoms with Gasteiger partial charge >= 0.3 is 0 Å². The van der Waals surface area contributed by atoms with Gasteiger partial charge in [0.05, 0.1) is 6.61 Å². The zero-order chi connectivity index (χ0) is 14.1. The fourth-order valence-corrected chi connectivity index (χ4v) is 3.26. The predicted octanol–water partition coefficient (Wildman–Crippen LogP) is 2.51. The molecule has 2 heterocycles. The van der Waals surface area contributed by atoms with E-state index in [9.17, 15) is 0 Å². The first kappa shape index (κ1) is 15.3. The molecule has 2 fully saturated rings. The molecule has 0 aliphatic carbocycles. The molecule has 0 saturated carbocycles. The SMILES string of the molecule is CC1(C)CCN(CC2(CNC(C)(C)C)CCOC2)C1. The van der Waals surface area contributed by atoms with Crippen molar-refractivity contribution < 1.29 is 4.74 Å². The monoisotopic (exact) mass is 268 g/mol. The first-order chi connectivity index (χ1) is 8.70. The Hall–Kier alpha value is -0.120. The first-order valence-electron chi connectivity index (χ1n) is 7.75. The second-order valence-electron chi connectivity index (χ2n) is 8.53. The highest BCUT2D eigenvalue weighted by Gasteiger charge is 2.40. The molecule has 2 aliphatic heterocycles. The predicted molar refractivity (Wildman–Crippen MR) is 80.5 cm³/mol. The van der Waals surface area contributed by atoms with E-state index in [-0.39, 0.29) is 5.54 Å². The molecule has 0 aromatic heterocycles. The summed E-state index contributed by atoms with van der Waals surface area (Å²) in [6.45, 7) is 18.1. The third-order valence-electron chi connectivity index (χ3n) is 4.49. The number of hydrogen-bond donors (Lipinski definition) is 1. The van der Waals surface area contributed by atoms with E-state index in [1.165, 1.54) is 32.5 Å². The Kier molecular flexibility index (Phi) is 4.29. The summed E-state index contributed by atoms with van der Waals surface area (Å²) in [7, 11) is 0. The highest BCUT2D eigenvalue weighted by molar-refractivity contribution is 4.93. The maximum absolute atomic E-state index is 5.72. The van der Waals surface area contributed by atoms with Crippen LogP contribution < -0.4 is 5.32 Å². The second-order valence-corrected chi connectivity index (χ2v) is 8.53. The summed E-state index contributed by atoms with van der Waals surface area (Å²) in [5.74, 6) is 0. The van der Waals surface area contributed by atoms with Crippen LogP contribution in [0.1, 0.15) is 47.5 Å². The minimum Gasteiger partial charge on any atom is -0.381 e. The lowest BCUT2D eigenvalue weighted by Crippen LogP contribution is -2.49. The van der Waals surface area contributed by atoms with Gasteiger partial charge < -0.3 is 15.0 Å². The van der Waals surface area contributed by atoms with Gasteiger partial charge in [-0.25, -0.2) is 0 Å². The van der Waals surface area contributed by atoms with E-state index in [4.69, 9.17) is 4.74 Å². The normalized spacial score (nSPS) is 32.1. The molecule has 0 aromatic rings. The van der Waals surface area contributed by atoms with E-state index in [1.54, 1.807) is 0 Å². The van der Waals surface area contributed by atoms with Gasteiger partial charge in [-0.2, -0.15) is 0 Å². The van der Waals surface area contributed by atoms with Crippen molar-refractivity contribution in [1.29, 1.82) is 0 Å². The Balaban J connectivity index is 1.92. The molecule has 0 bridgehead atoms. The zero-order valence-corrected chi connectivity index (χ0v) is 13.5. The average Bonchev–Trinajstić information content (AvgIpc) is 2.83. The van der Waals surface area contributed by atoms with Crippen molar-refractivity contribution in [3.63, 3.8) is 0 Å². The van der Waals surface area contributed by atoms with Gasteiger partial charge in [-0.3, -0.25) is 0 Å². The van der Waals surface area contributed by atoms with E-state index in [0.717, 1.165) is 19.8 Å². The molecule has 3 heteroatoms. The Morgan fingerprint density at radius 2 is 1.95 bits per heavy atom. The lowest BCUT2D eigenvalue weighted by molar-refractivity contribution is 0.108. The van der Waals surface area contributed by atoms with Gasteiger partial charge in [0.25, 0.3) is 0 Å². The van der Waals surface area contributed by atoms with Crippen LogP contribution in [-0.2, 0) is 4.74 Å². The van der Waals surface area contributed by atoms with Crippen molar-refractivity contribution in [3.8, 4) is 0 Å².